The summed E-state index contributed by atoms with van der Waals surface area (Å²) in [5.74, 6) is 5.71. The van der Waals surface area contributed by atoms with E-state index in [4.69, 9.17) is 29.0 Å². The van der Waals surface area contributed by atoms with E-state index in [0.717, 1.165) is 17.9 Å². The van der Waals surface area contributed by atoms with Crippen molar-refractivity contribution in [1.29, 1.82) is 0 Å². The Hall–Kier alpha value is -0.770. The average Bonchev–Trinajstić information content (AvgIpc) is 3.03. The average molecular weight is 245 g/mol. The van der Waals surface area contributed by atoms with E-state index in [1.165, 1.54) is 0 Å². The van der Waals surface area contributed by atoms with Crippen molar-refractivity contribution in [3.05, 3.63) is 28.2 Å². The Balaban J connectivity index is 2.20. The lowest BCUT2D eigenvalue weighted by molar-refractivity contribution is -0.119. The fourth-order valence-corrected chi connectivity index (χ4v) is 1.58. The van der Waals surface area contributed by atoms with Gasteiger partial charge in [-0.15, -0.1) is 0 Å². The van der Waals surface area contributed by atoms with Crippen molar-refractivity contribution in [3.8, 4) is 0 Å². The van der Waals surface area contributed by atoms with E-state index in [0.29, 0.717) is 15.7 Å². The number of hydrazine groups is 1. The van der Waals surface area contributed by atoms with Crippen molar-refractivity contribution in [2.24, 2.45) is 11.8 Å². The van der Waals surface area contributed by atoms with Crippen LogP contribution in [0.1, 0.15) is 12.8 Å². The molecule has 1 aliphatic carbocycles. The molecule has 0 radical (unpaired) electrons. The molecule has 3 nitrogen and oxygen atoms in total. The van der Waals surface area contributed by atoms with E-state index >= 15 is 0 Å². The molecule has 15 heavy (non-hydrogen) atoms. The standard InChI is InChI=1S/C10H10Cl2N2O/c11-8-4-3-7(5-9(8)12)14(13)10(15)6-1-2-6/h3-6H,1-2,13H2. The summed E-state index contributed by atoms with van der Waals surface area (Å²) in [6, 6.07) is 4.89. The predicted molar refractivity (Wildman–Crippen MR) is 60.9 cm³/mol. The summed E-state index contributed by atoms with van der Waals surface area (Å²) in [5.41, 5.74) is 0.571. The van der Waals surface area contributed by atoms with E-state index in [1.54, 1.807) is 18.2 Å². The van der Waals surface area contributed by atoms with Crippen molar-refractivity contribution < 1.29 is 4.79 Å². The quantitative estimate of drug-likeness (QED) is 0.494. The highest BCUT2D eigenvalue weighted by molar-refractivity contribution is 6.42. The molecular formula is C10H10Cl2N2O. The van der Waals surface area contributed by atoms with Gasteiger partial charge in [-0.05, 0) is 31.0 Å². The summed E-state index contributed by atoms with van der Waals surface area (Å²) in [6.45, 7) is 0. The lowest BCUT2D eigenvalue weighted by Crippen LogP contribution is -2.38. The molecule has 0 atom stereocenters. The molecule has 1 aromatic carbocycles. The first-order valence-electron chi connectivity index (χ1n) is 4.63. The van der Waals surface area contributed by atoms with Crippen LogP contribution in [-0.2, 0) is 4.79 Å². The molecule has 80 valence electrons. The molecule has 1 aliphatic rings. The molecule has 0 bridgehead atoms. The Labute approximate surface area is 97.7 Å². The van der Waals surface area contributed by atoms with Crippen LogP contribution in [0, 0.1) is 5.92 Å². The van der Waals surface area contributed by atoms with Gasteiger partial charge in [0, 0.05) is 5.92 Å². The molecule has 1 saturated carbocycles. The number of hydrogen-bond donors (Lipinski definition) is 1. The van der Waals surface area contributed by atoms with Crippen LogP contribution in [-0.4, -0.2) is 5.91 Å². The monoisotopic (exact) mass is 244 g/mol. The van der Waals surface area contributed by atoms with Gasteiger partial charge in [0.2, 0.25) is 5.91 Å². The second kappa shape index (κ2) is 4.00. The number of benzene rings is 1. The van der Waals surface area contributed by atoms with Gasteiger partial charge in [-0.3, -0.25) is 4.79 Å². The molecule has 0 spiro atoms. The van der Waals surface area contributed by atoms with Gasteiger partial charge in [0.15, 0.2) is 0 Å². The highest BCUT2D eigenvalue weighted by Crippen LogP contribution is 2.33. The Morgan fingerprint density at radius 2 is 2.00 bits per heavy atom. The third-order valence-electron chi connectivity index (χ3n) is 2.35. The van der Waals surface area contributed by atoms with Crippen LogP contribution in [0.4, 0.5) is 5.69 Å². The second-order valence-corrected chi connectivity index (χ2v) is 4.40. The molecule has 0 aromatic heterocycles. The first-order chi connectivity index (χ1) is 7.09. The molecule has 0 saturated heterocycles. The molecule has 5 heteroatoms. The molecule has 2 rings (SSSR count). The minimum Gasteiger partial charge on any atom is -0.273 e. The Kier molecular flexibility index (Phi) is 2.87. The Morgan fingerprint density at radius 3 is 2.53 bits per heavy atom. The highest BCUT2D eigenvalue weighted by Gasteiger charge is 2.33. The fourth-order valence-electron chi connectivity index (χ4n) is 1.29. The van der Waals surface area contributed by atoms with Gasteiger partial charge < -0.3 is 0 Å². The first kappa shape index (κ1) is 10.7. The predicted octanol–water partition coefficient (Wildman–Crippen LogP) is 2.61. The van der Waals surface area contributed by atoms with Crippen molar-refractivity contribution >= 4 is 34.8 Å². The number of nitrogens with two attached hydrogens (primary N) is 1. The third kappa shape index (κ3) is 2.25. The van der Waals surface area contributed by atoms with E-state index in [1.807, 2.05) is 0 Å². The van der Waals surface area contributed by atoms with Crippen molar-refractivity contribution in [2.75, 3.05) is 5.01 Å². The molecule has 2 N–H and O–H groups in total. The normalized spacial score (nSPS) is 15.1. The van der Waals surface area contributed by atoms with Gasteiger partial charge in [-0.1, -0.05) is 23.2 Å². The van der Waals surface area contributed by atoms with Crippen molar-refractivity contribution in [2.45, 2.75) is 12.8 Å². The zero-order valence-electron chi connectivity index (χ0n) is 7.91. The summed E-state index contributed by atoms with van der Waals surface area (Å²) in [7, 11) is 0. The number of rotatable bonds is 2. The topological polar surface area (TPSA) is 46.3 Å². The fraction of sp³-hybridized carbons (Fsp3) is 0.300. The minimum atomic E-state index is -0.0617. The van der Waals surface area contributed by atoms with Crippen LogP contribution in [0.5, 0.6) is 0 Å². The molecule has 1 fully saturated rings. The number of carbonyl (C=O) groups excluding carboxylic acids is 1. The zero-order chi connectivity index (χ0) is 11.0. The van der Waals surface area contributed by atoms with Crippen LogP contribution in [0.25, 0.3) is 0 Å². The Morgan fingerprint density at radius 1 is 1.33 bits per heavy atom. The molecule has 0 heterocycles. The van der Waals surface area contributed by atoms with E-state index in [9.17, 15) is 4.79 Å². The van der Waals surface area contributed by atoms with E-state index in [-0.39, 0.29) is 11.8 Å². The highest BCUT2D eigenvalue weighted by atomic mass is 35.5. The van der Waals surface area contributed by atoms with Crippen LogP contribution in [0.3, 0.4) is 0 Å². The van der Waals surface area contributed by atoms with Crippen molar-refractivity contribution in [3.63, 3.8) is 0 Å². The maximum absolute atomic E-state index is 11.6. The molecule has 0 aliphatic heterocycles. The summed E-state index contributed by atoms with van der Waals surface area (Å²) in [4.78, 5) is 11.6. The second-order valence-electron chi connectivity index (χ2n) is 3.58. The SMILES string of the molecule is NN(C(=O)C1CC1)c1ccc(Cl)c(Cl)c1. The van der Waals surface area contributed by atoms with Gasteiger partial charge in [0.25, 0.3) is 0 Å². The van der Waals surface area contributed by atoms with Gasteiger partial charge in [-0.25, -0.2) is 10.9 Å². The van der Waals surface area contributed by atoms with E-state index in [2.05, 4.69) is 0 Å². The van der Waals surface area contributed by atoms with Crippen LogP contribution < -0.4 is 10.9 Å². The van der Waals surface area contributed by atoms with Crippen LogP contribution in [0.2, 0.25) is 10.0 Å². The van der Waals surface area contributed by atoms with E-state index < -0.39 is 0 Å². The number of carbonyl (C=O) groups is 1. The smallest absolute Gasteiger partial charge is 0.244 e. The maximum atomic E-state index is 11.6. The summed E-state index contributed by atoms with van der Waals surface area (Å²) < 4.78 is 0. The summed E-state index contributed by atoms with van der Waals surface area (Å²) >= 11 is 11.6. The third-order valence-corrected chi connectivity index (χ3v) is 3.08. The number of nitrogens with zero attached hydrogens (tertiary/aromatic N) is 1. The maximum Gasteiger partial charge on any atom is 0.244 e. The van der Waals surface area contributed by atoms with Crippen LogP contribution in [0.15, 0.2) is 18.2 Å². The summed E-state index contributed by atoms with van der Waals surface area (Å²) in [5, 5.41) is 1.99. The molecule has 1 amide bonds. The lowest BCUT2D eigenvalue weighted by atomic mass is 10.3. The number of hydrogen-bond acceptors (Lipinski definition) is 2. The zero-order valence-corrected chi connectivity index (χ0v) is 9.42. The molecule has 0 unspecified atom stereocenters. The summed E-state index contributed by atoms with van der Waals surface area (Å²) in [6.07, 6.45) is 1.85. The van der Waals surface area contributed by atoms with Gasteiger partial charge >= 0.3 is 0 Å². The number of halogens is 2. The molecule has 1 aromatic rings. The van der Waals surface area contributed by atoms with Gasteiger partial charge in [-0.2, -0.15) is 0 Å². The molecular weight excluding hydrogens is 235 g/mol. The lowest BCUT2D eigenvalue weighted by Gasteiger charge is -2.16. The first-order valence-corrected chi connectivity index (χ1v) is 5.39. The Bertz CT molecular complexity index is 404. The van der Waals surface area contributed by atoms with Crippen molar-refractivity contribution in [1.82, 2.24) is 0 Å². The van der Waals surface area contributed by atoms with Gasteiger partial charge in [0.05, 0.1) is 15.7 Å². The van der Waals surface area contributed by atoms with Crippen LogP contribution >= 0.6 is 23.2 Å². The van der Waals surface area contributed by atoms with Gasteiger partial charge in [0.1, 0.15) is 0 Å². The minimum absolute atomic E-state index is 0.0617. The number of anilines is 1. The number of amides is 1. The largest absolute Gasteiger partial charge is 0.273 e.